The van der Waals surface area contributed by atoms with Gasteiger partial charge in [0.25, 0.3) is 0 Å². The summed E-state index contributed by atoms with van der Waals surface area (Å²) in [5, 5.41) is 11.0. The SMILES string of the molecule is CC(C)C(=N)c1ccc(Nc2ccccc2F)cc1N. The van der Waals surface area contributed by atoms with E-state index in [9.17, 15) is 4.39 Å². The van der Waals surface area contributed by atoms with Crippen molar-refractivity contribution in [2.24, 2.45) is 5.92 Å². The van der Waals surface area contributed by atoms with E-state index in [0.29, 0.717) is 22.8 Å². The average molecular weight is 271 g/mol. The van der Waals surface area contributed by atoms with Gasteiger partial charge in [-0.1, -0.05) is 26.0 Å². The van der Waals surface area contributed by atoms with Crippen molar-refractivity contribution in [1.82, 2.24) is 0 Å². The van der Waals surface area contributed by atoms with Crippen molar-refractivity contribution < 1.29 is 4.39 Å². The fourth-order valence-corrected chi connectivity index (χ4v) is 1.91. The molecule has 0 aliphatic carbocycles. The number of hydrogen-bond donors (Lipinski definition) is 3. The first-order chi connectivity index (χ1) is 9.49. The number of nitrogen functional groups attached to an aromatic ring is 1. The van der Waals surface area contributed by atoms with Gasteiger partial charge in [-0.25, -0.2) is 4.39 Å². The smallest absolute Gasteiger partial charge is 0.146 e. The molecule has 0 aliphatic rings. The Balaban J connectivity index is 2.26. The third-order valence-electron chi connectivity index (χ3n) is 3.07. The molecule has 0 fully saturated rings. The minimum Gasteiger partial charge on any atom is -0.398 e. The van der Waals surface area contributed by atoms with Crippen LogP contribution in [0.4, 0.5) is 21.5 Å². The Morgan fingerprint density at radius 3 is 2.50 bits per heavy atom. The molecule has 0 saturated heterocycles. The van der Waals surface area contributed by atoms with Gasteiger partial charge >= 0.3 is 0 Å². The molecule has 2 rings (SSSR count). The number of rotatable bonds is 4. The summed E-state index contributed by atoms with van der Waals surface area (Å²) >= 11 is 0. The molecule has 0 atom stereocenters. The Morgan fingerprint density at radius 1 is 1.20 bits per heavy atom. The Kier molecular flexibility index (Phi) is 4.03. The molecule has 0 spiro atoms. The van der Waals surface area contributed by atoms with E-state index >= 15 is 0 Å². The van der Waals surface area contributed by atoms with E-state index in [2.05, 4.69) is 5.32 Å². The molecule has 0 heterocycles. The molecule has 0 radical (unpaired) electrons. The Hall–Kier alpha value is -2.36. The van der Waals surface area contributed by atoms with Crippen LogP contribution in [0.3, 0.4) is 0 Å². The molecule has 2 aromatic carbocycles. The number of anilines is 3. The Morgan fingerprint density at radius 2 is 1.90 bits per heavy atom. The van der Waals surface area contributed by atoms with Crippen LogP contribution in [-0.4, -0.2) is 5.71 Å². The standard InChI is InChI=1S/C16H18FN3/c1-10(2)16(19)12-8-7-11(9-14(12)18)20-15-6-4-3-5-13(15)17/h3-10,19-20H,18H2,1-2H3. The summed E-state index contributed by atoms with van der Waals surface area (Å²) in [7, 11) is 0. The van der Waals surface area contributed by atoms with Gasteiger partial charge in [-0.3, -0.25) is 0 Å². The van der Waals surface area contributed by atoms with Gasteiger partial charge in [-0.05, 0) is 36.2 Å². The summed E-state index contributed by atoms with van der Waals surface area (Å²) in [6.45, 7) is 3.90. The Bertz CT molecular complexity index is 635. The van der Waals surface area contributed by atoms with Crippen LogP contribution in [0.1, 0.15) is 19.4 Å². The molecule has 0 bridgehead atoms. The van der Waals surface area contributed by atoms with Crippen molar-refractivity contribution in [3.05, 3.63) is 53.8 Å². The second-order valence-corrected chi connectivity index (χ2v) is 4.98. The van der Waals surface area contributed by atoms with Crippen LogP contribution in [0.15, 0.2) is 42.5 Å². The van der Waals surface area contributed by atoms with Crippen LogP contribution in [0.25, 0.3) is 0 Å². The molecular weight excluding hydrogens is 253 g/mol. The average Bonchev–Trinajstić information content (AvgIpc) is 2.41. The van der Waals surface area contributed by atoms with E-state index < -0.39 is 0 Å². The van der Waals surface area contributed by atoms with Gasteiger partial charge in [-0.15, -0.1) is 0 Å². The molecule has 4 N–H and O–H groups in total. The maximum atomic E-state index is 13.6. The van der Waals surface area contributed by atoms with E-state index in [1.54, 1.807) is 36.4 Å². The van der Waals surface area contributed by atoms with Crippen LogP contribution in [-0.2, 0) is 0 Å². The quantitative estimate of drug-likeness (QED) is 0.577. The zero-order chi connectivity index (χ0) is 14.7. The number of nitrogens with two attached hydrogens (primary N) is 1. The van der Waals surface area contributed by atoms with E-state index in [1.807, 2.05) is 13.8 Å². The fraction of sp³-hybridized carbons (Fsp3) is 0.188. The van der Waals surface area contributed by atoms with E-state index in [4.69, 9.17) is 11.1 Å². The summed E-state index contributed by atoms with van der Waals surface area (Å²) in [6.07, 6.45) is 0. The summed E-state index contributed by atoms with van der Waals surface area (Å²) in [5.41, 5.74) is 8.82. The first-order valence-corrected chi connectivity index (χ1v) is 6.49. The lowest BCUT2D eigenvalue weighted by Gasteiger charge is -2.13. The van der Waals surface area contributed by atoms with Gasteiger partial charge in [-0.2, -0.15) is 0 Å². The van der Waals surface area contributed by atoms with Crippen molar-refractivity contribution in [3.8, 4) is 0 Å². The lowest BCUT2D eigenvalue weighted by molar-refractivity contribution is 0.632. The van der Waals surface area contributed by atoms with E-state index in [1.165, 1.54) is 6.07 Å². The van der Waals surface area contributed by atoms with Gasteiger partial charge in [0.15, 0.2) is 0 Å². The van der Waals surface area contributed by atoms with Crippen LogP contribution in [0.2, 0.25) is 0 Å². The van der Waals surface area contributed by atoms with Crippen LogP contribution < -0.4 is 11.1 Å². The van der Waals surface area contributed by atoms with Crippen LogP contribution in [0.5, 0.6) is 0 Å². The van der Waals surface area contributed by atoms with Crippen LogP contribution >= 0.6 is 0 Å². The van der Waals surface area contributed by atoms with Crippen molar-refractivity contribution in [2.45, 2.75) is 13.8 Å². The zero-order valence-electron chi connectivity index (χ0n) is 11.6. The number of halogens is 1. The molecule has 0 unspecified atom stereocenters. The third-order valence-corrected chi connectivity index (χ3v) is 3.07. The third kappa shape index (κ3) is 2.96. The highest BCUT2D eigenvalue weighted by Gasteiger charge is 2.10. The molecule has 0 saturated carbocycles. The van der Waals surface area contributed by atoms with E-state index in [-0.39, 0.29) is 11.7 Å². The summed E-state index contributed by atoms with van der Waals surface area (Å²) in [6, 6.07) is 11.8. The number of nitrogens with one attached hydrogen (secondary N) is 2. The first-order valence-electron chi connectivity index (χ1n) is 6.49. The van der Waals surface area contributed by atoms with Crippen molar-refractivity contribution in [3.63, 3.8) is 0 Å². The lowest BCUT2D eigenvalue weighted by atomic mass is 9.98. The molecular formula is C16H18FN3. The first kappa shape index (κ1) is 14.1. The van der Waals surface area contributed by atoms with Gasteiger partial charge in [0.05, 0.1) is 5.69 Å². The molecule has 20 heavy (non-hydrogen) atoms. The topological polar surface area (TPSA) is 61.9 Å². The largest absolute Gasteiger partial charge is 0.398 e. The highest BCUT2D eigenvalue weighted by Crippen LogP contribution is 2.24. The van der Waals surface area contributed by atoms with E-state index in [0.717, 1.165) is 5.56 Å². The van der Waals surface area contributed by atoms with Gasteiger partial charge in [0.1, 0.15) is 5.82 Å². The molecule has 0 aromatic heterocycles. The maximum absolute atomic E-state index is 13.6. The minimum atomic E-state index is -0.315. The molecule has 4 heteroatoms. The normalized spacial score (nSPS) is 10.6. The highest BCUT2D eigenvalue weighted by molar-refractivity contribution is 6.04. The fourth-order valence-electron chi connectivity index (χ4n) is 1.91. The number of benzene rings is 2. The minimum absolute atomic E-state index is 0.114. The predicted octanol–water partition coefficient (Wildman–Crippen LogP) is 4.18. The summed E-state index contributed by atoms with van der Waals surface area (Å²) < 4.78 is 13.6. The Labute approximate surface area is 118 Å². The molecule has 0 amide bonds. The monoisotopic (exact) mass is 271 g/mol. The second-order valence-electron chi connectivity index (χ2n) is 4.98. The van der Waals surface area contributed by atoms with Crippen LogP contribution in [0, 0.1) is 17.1 Å². The molecule has 0 aliphatic heterocycles. The lowest BCUT2D eigenvalue weighted by Crippen LogP contribution is -2.10. The highest BCUT2D eigenvalue weighted by atomic mass is 19.1. The van der Waals surface area contributed by atoms with Gasteiger partial charge in [0, 0.05) is 22.6 Å². The number of para-hydroxylation sites is 1. The molecule has 3 nitrogen and oxygen atoms in total. The van der Waals surface area contributed by atoms with Gasteiger partial charge in [0.2, 0.25) is 0 Å². The van der Waals surface area contributed by atoms with Gasteiger partial charge < -0.3 is 16.5 Å². The maximum Gasteiger partial charge on any atom is 0.146 e. The summed E-state index contributed by atoms with van der Waals surface area (Å²) in [4.78, 5) is 0. The van der Waals surface area contributed by atoms with Crippen molar-refractivity contribution in [2.75, 3.05) is 11.1 Å². The second kappa shape index (κ2) is 5.74. The van der Waals surface area contributed by atoms with Crippen molar-refractivity contribution >= 4 is 22.8 Å². The summed E-state index contributed by atoms with van der Waals surface area (Å²) in [5.74, 6) is -0.201. The zero-order valence-corrected chi connectivity index (χ0v) is 11.6. The molecule has 104 valence electrons. The number of hydrogen-bond acceptors (Lipinski definition) is 3. The van der Waals surface area contributed by atoms with Crippen molar-refractivity contribution in [1.29, 1.82) is 5.41 Å². The predicted molar refractivity (Wildman–Crippen MR) is 82.2 cm³/mol. The molecule has 2 aromatic rings.